The molecule has 1 saturated heterocycles. The maximum absolute atomic E-state index is 5.44. The SMILES string of the molecule is CCCc1cc(CN2CCC[C@H](OC)C2)[nH]n1. The third kappa shape index (κ3) is 3.54. The maximum Gasteiger partial charge on any atom is 0.0698 e. The van der Waals surface area contributed by atoms with Crippen molar-refractivity contribution in [3.05, 3.63) is 17.5 Å². The molecule has 1 aliphatic rings. The molecule has 0 aliphatic carbocycles. The lowest BCUT2D eigenvalue weighted by molar-refractivity contribution is 0.0281. The number of piperidine rings is 1. The van der Waals surface area contributed by atoms with E-state index in [1.54, 1.807) is 0 Å². The van der Waals surface area contributed by atoms with Crippen molar-refractivity contribution in [2.45, 2.75) is 45.3 Å². The van der Waals surface area contributed by atoms with Gasteiger partial charge in [0.1, 0.15) is 0 Å². The molecule has 0 radical (unpaired) electrons. The summed E-state index contributed by atoms with van der Waals surface area (Å²) in [7, 11) is 1.81. The summed E-state index contributed by atoms with van der Waals surface area (Å²) < 4.78 is 5.44. The summed E-state index contributed by atoms with van der Waals surface area (Å²) >= 11 is 0. The molecule has 1 aromatic rings. The van der Waals surface area contributed by atoms with Gasteiger partial charge in [0, 0.05) is 25.9 Å². The van der Waals surface area contributed by atoms with E-state index in [0.717, 1.165) is 25.9 Å². The lowest BCUT2D eigenvalue weighted by Gasteiger charge is -2.31. The highest BCUT2D eigenvalue weighted by atomic mass is 16.5. The molecule has 96 valence electrons. The van der Waals surface area contributed by atoms with Crippen LogP contribution < -0.4 is 0 Å². The van der Waals surface area contributed by atoms with E-state index in [2.05, 4.69) is 28.1 Å². The minimum Gasteiger partial charge on any atom is -0.380 e. The summed E-state index contributed by atoms with van der Waals surface area (Å²) in [5, 5.41) is 7.47. The first-order chi connectivity index (χ1) is 8.31. The first-order valence-corrected chi connectivity index (χ1v) is 6.60. The van der Waals surface area contributed by atoms with Gasteiger partial charge in [-0.15, -0.1) is 0 Å². The highest BCUT2D eigenvalue weighted by Gasteiger charge is 2.19. The summed E-state index contributed by atoms with van der Waals surface area (Å²) in [5.41, 5.74) is 2.41. The van der Waals surface area contributed by atoms with Crippen molar-refractivity contribution in [1.29, 1.82) is 0 Å². The number of likely N-dealkylation sites (tertiary alicyclic amines) is 1. The number of nitrogens with zero attached hydrogens (tertiary/aromatic N) is 2. The Morgan fingerprint density at radius 2 is 2.47 bits per heavy atom. The lowest BCUT2D eigenvalue weighted by atomic mass is 10.1. The molecule has 4 nitrogen and oxygen atoms in total. The minimum atomic E-state index is 0.404. The fraction of sp³-hybridized carbons (Fsp3) is 0.769. The van der Waals surface area contributed by atoms with Crippen molar-refractivity contribution in [1.82, 2.24) is 15.1 Å². The molecule has 17 heavy (non-hydrogen) atoms. The average molecular weight is 237 g/mol. The third-order valence-electron chi connectivity index (χ3n) is 3.38. The predicted octanol–water partition coefficient (Wildman–Crippen LogP) is 1.97. The quantitative estimate of drug-likeness (QED) is 0.851. The van der Waals surface area contributed by atoms with Gasteiger partial charge < -0.3 is 4.74 Å². The number of hydrogen-bond acceptors (Lipinski definition) is 3. The monoisotopic (exact) mass is 237 g/mol. The molecule has 1 atom stereocenters. The van der Waals surface area contributed by atoms with Crippen LogP contribution in [0.1, 0.15) is 37.6 Å². The van der Waals surface area contributed by atoms with Crippen molar-refractivity contribution >= 4 is 0 Å². The number of ether oxygens (including phenoxy) is 1. The van der Waals surface area contributed by atoms with Crippen molar-refractivity contribution in [3.8, 4) is 0 Å². The first-order valence-electron chi connectivity index (χ1n) is 6.60. The fourth-order valence-electron chi connectivity index (χ4n) is 2.46. The van der Waals surface area contributed by atoms with Gasteiger partial charge in [-0.2, -0.15) is 5.10 Å². The Balaban J connectivity index is 1.86. The summed E-state index contributed by atoms with van der Waals surface area (Å²) in [6.07, 6.45) is 5.05. The molecule has 0 aromatic carbocycles. The minimum absolute atomic E-state index is 0.404. The molecule has 0 bridgehead atoms. The van der Waals surface area contributed by atoms with Gasteiger partial charge in [0.05, 0.1) is 11.8 Å². The van der Waals surface area contributed by atoms with Crippen LogP contribution in [0.3, 0.4) is 0 Å². The maximum atomic E-state index is 5.44. The highest BCUT2D eigenvalue weighted by Crippen LogP contribution is 2.15. The van der Waals surface area contributed by atoms with Crippen LogP contribution in [0.15, 0.2) is 6.07 Å². The van der Waals surface area contributed by atoms with Crippen LogP contribution in [0.4, 0.5) is 0 Å². The second-order valence-corrected chi connectivity index (χ2v) is 4.87. The number of aromatic amines is 1. The molecular formula is C13H23N3O. The number of nitrogens with one attached hydrogen (secondary N) is 1. The van der Waals surface area contributed by atoms with Gasteiger partial charge in [-0.1, -0.05) is 13.3 Å². The second-order valence-electron chi connectivity index (χ2n) is 4.87. The van der Waals surface area contributed by atoms with Gasteiger partial charge in [0.2, 0.25) is 0 Å². The van der Waals surface area contributed by atoms with E-state index in [1.165, 1.54) is 30.8 Å². The molecule has 2 heterocycles. The standard InChI is InChI=1S/C13H23N3O/c1-3-5-11-8-12(15-14-11)9-16-7-4-6-13(10-16)17-2/h8,13H,3-7,9-10H2,1-2H3,(H,14,15)/t13-/m0/s1. The summed E-state index contributed by atoms with van der Waals surface area (Å²) in [6.45, 7) is 5.36. The molecular weight excluding hydrogens is 214 g/mol. The second kappa shape index (κ2) is 6.17. The number of hydrogen-bond donors (Lipinski definition) is 1. The zero-order valence-electron chi connectivity index (χ0n) is 10.9. The zero-order valence-corrected chi connectivity index (χ0v) is 10.9. The van der Waals surface area contributed by atoms with Gasteiger partial charge in [0.25, 0.3) is 0 Å². The molecule has 0 spiro atoms. The Kier molecular flexibility index (Phi) is 4.57. The summed E-state index contributed by atoms with van der Waals surface area (Å²) in [6, 6.07) is 2.19. The molecule has 4 heteroatoms. The van der Waals surface area contributed by atoms with E-state index >= 15 is 0 Å². The van der Waals surface area contributed by atoms with Crippen molar-refractivity contribution in [3.63, 3.8) is 0 Å². The molecule has 1 N–H and O–H groups in total. The van der Waals surface area contributed by atoms with Gasteiger partial charge >= 0.3 is 0 Å². The van der Waals surface area contributed by atoms with Gasteiger partial charge in [-0.25, -0.2) is 0 Å². The van der Waals surface area contributed by atoms with Crippen LogP contribution in [0, 0.1) is 0 Å². The molecule has 0 unspecified atom stereocenters. The van der Waals surface area contributed by atoms with E-state index in [4.69, 9.17) is 4.74 Å². The molecule has 2 rings (SSSR count). The van der Waals surface area contributed by atoms with Crippen molar-refractivity contribution < 1.29 is 4.74 Å². The Labute approximate surface area is 103 Å². The van der Waals surface area contributed by atoms with Crippen molar-refractivity contribution in [2.24, 2.45) is 0 Å². The van der Waals surface area contributed by atoms with Crippen LogP contribution in [0.2, 0.25) is 0 Å². The lowest BCUT2D eigenvalue weighted by Crippen LogP contribution is -2.38. The van der Waals surface area contributed by atoms with Gasteiger partial charge in [0.15, 0.2) is 0 Å². The van der Waals surface area contributed by atoms with Crippen LogP contribution in [0.5, 0.6) is 0 Å². The third-order valence-corrected chi connectivity index (χ3v) is 3.38. The largest absolute Gasteiger partial charge is 0.380 e. The van der Waals surface area contributed by atoms with Crippen molar-refractivity contribution in [2.75, 3.05) is 20.2 Å². The Morgan fingerprint density at radius 3 is 3.24 bits per heavy atom. The Bertz CT molecular complexity index is 337. The number of aryl methyl sites for hydroxylation is 1. The normalized spacial score (nSPS) is 21.9. The summed E-state index contributed by atoms with van der Waals surface area (Å²) in [4.78, 5) is 2.45. The number of aromatic nitrogens is 2. The zero-order chi connectivity index (χ0) is 12.1. The van der Waals surface area contributed by atoms with E-state index in [9.17, 15) is 0 Å². The van der Waals surface area contributed by atoms with Gasteiger partial charge in [-0.05, 0) is 31.9 Å². The molecule has 0 saturated carbocycles. The molecule has 1 aromatic heterocycles. The number of rotatable bonds is 5. The van der Waals surface area contributed by atoms with E-state index in [1.807, 2.05) is 7.11 Å². The van der Waals surface area contributed by atoms with E-state index in [-0.39, 0.29) is 0 Å². The fourth-order valence-corrected chi connectivity index (χ4v) is 2.46. The molecule has 1 aliphatic heterocycles. The predicted molar refractivity (Wildman–Crippen MR) is 67.9 cm³/mol. The summed E-state index contributed by atoms with van der Waals surface area (Å²) in [5.74, 6) is 0. The number of H-pyrrole nitrogens is 1. The van der Waals surface area contributed by atoms with E-state index < -0.39 is 0 Å². The van der Waals surface area contributed by atoms with Crippen LogP contribution in [0.25, 0.3) is 0 Å². The molecule has 1 fully saturated rings. The molecule has 0 amide bonds. The van der Waals surface area contributed by atoms with E-state index in [0.29, 0.717) is 6.10 Å². The smallest absolute Gasteiger partial charge is 0.0698 e. The number of methoxy groups -OCH3 is 1. The highest BCUT2D eigenvalue weighted by molar-refractivity contribution is 5.08. The topological polar surface area (TPSA) is 41.1 Å². The van der Waals surface area contributed by atoms with Crippen LogP contribution in [-0.2, 0) is 17.7 Å². The Hall–Kier alpha value is -0.870. The van der Waals surface area contributed by atoms with Crippen LogP contribution in [-0.4, -0.2) is 41.4 Å². The van der Waals surface area contributed by atoms with Crippen LogP contribution >= 0.6 is 0 Å². The average Bonchev–Trinajstić information content (AvgIpc) is 2.77. The van der Waals surface area contributed by atoms with Gasteiger partial charge in [-0.3, -0.25) is 10.00 Å². The first kappa shape index (κ1) is 12.6. The Morgan fingerprint density at radius 1 is 1.59 bits per heavy atom.